The van der Waals surface area contributed by atoms with Gasteiger partial charge in [0.25, 0.3) is 5.91 Å². The van der Waals surface area contributed by atoms with Crippen LogP contribution in [0.1, 0.15) is 21.6 Å². The molecule has 1 aliphatic heterocycles. The minimum absolute atomic E-state index is 0.0435. The molecule has 2 amide bonds. The lowest BCUT2D eigenvalue weighted by Crippen LogP contribution is -2.31. The molecular formula is C25H25N3O2S. The van der Waals surface area contributed by atoms with E-state index in [1.165, 1.54) is 17.3 Å². The topological polar surface area (TPSA) is 53.5 Å². The van der Waals surface area contributed by atoms with Gasteiger partial charge in [-0.2, -0.15) is 0 Å². The number of carbonyl (C=O) groups excluding carboxylic acids is 2. The second-order valence-electron chi connectivity index (χ2n) is 7.51. The molecule has 6 heteroatoms. The largest absolute Gasteiger partial charge is 0.341 e. The Labute approximate surface area is 187 Å². The molecule has 0 radical (unpaired) electrons. The van der Waals surface area contributed by atoms with E-state index >= 15 is 0 Å². The van der Waals surface area contributed by atoms with Gasteiger partial charge in [0, 0.05) is 49.0 Å². The number of hydrogen-bond donors (Lipinski definition) is 0. The molecule has 31 heavy (non-hydrogen) atoms. The van der Waals surface area contributed by atoms with E-state index in [-0.39, 0.29) is 11.8 Å². The maximum atomic E-state index is 13.0. The molecule has 0 spiro atoms. The molecule has 0 atom stereocenters. The number of amides is 2. The van der Waals surface area contributed by atoms with Crippen LogP contribution in [-0.2, 0) is 17.6 Å². The number of nitrogens with zero attached hydrogens (tertiary/aromatic N) is 3. The van der Waals surface area contributed by atoms with Crippen molar-refractivity contribution in [2.45, 2.75) is 17.7 Å². The predicted octanol–water partition coefficient (Wildman–Crippen LogP) is 4.08. The van der Waals surface area contributed by atoms with Crippen molar-refractivity contribution in [3.63, 3.8) is 0 Å². The van der Waals surface area contributed by atoms with E-state index in [9.17, 15) is 9.59 Å². The number of anilines is 1. The van der Waals surface area contributed by atoms with Gasteiger partial charge in [-0.15, -0.1) is 11.8 Å². The van der Waals surface area contributed by atoms with Gasteiger partial charge >= 0.3 is 0 Å². The summed E-state index contributed by atoms with van der Waals surface area (Å²) < 4.78 is 0. The normalized spacial score (nSPS) is 12.5. The second kappa shape index (κ2) is 9.79. The van der Waals surface area contributed by atoms with Crippen LogP contribution in [0.2, 0.25) is 0 Å². The Morgan fingerprint density at radius 2 is 1.81 bits per heavy atom. The Kier molecular flexibility index (Phi) is 6.67. The zero-order valence-corrected chi connectivity index (χ0v) is 18.3. The van der Waals surface area contributed by atoms with Gasteiger partial charge in [0.15, 0.2) is 0 Å². The van der Waals surface area contributed by atoms with Crippen LogP contribution in [0.3, 0.4) is 0 Å². The average Bonchev–Trinajstić information content (AvgIpc) is 3.26. The first-order chi connectivity index (χ1) is 15.1. The third-order valence-corrected chi connectivity index (χ3v) is 6.49. The first-order valence-electron chi connectivity index (χ1n) is 10.4. The fraction of sp³-hybridized carbons (Fsp3) is 0.240. The van der Waals surface area contributed by atoms with Crippen LogP contribution in [0.15, 0.2) is 77.8 Å². The number of rotatable bonds is 7. The van der Waals surface area contributed by atoms with Crippen molar-refractivity contribution in [2.24, 2.45) is 0 Å². The van der Waals surface area contributed by atoms with Crippen molar-refractivity contribution in [3.05, 3.63) is 89.7 Å². The van der Waals surface area contributed by atoms with E-state index in [0.717, 1.165) is 29.2 Å². The number of fused-ring (bicyclic) bond motifs is 1. The van der Waals surface area contributed by atoms with E-state index in [1.807, 2.05) is 65.6 Å². The SMILES string of the molecule is CN(CCc1ccccn1)C(=O)c1ccccc1SCC(=O)N1CCc2ccccc21. The summed E-state index contributed by atoms with van der Waals surface area (Å²) in [4.78, 5) is 34.6. The quantitative estimate of drug-likeness (QED) is 0.529. The third-order valence-electron chi connectivity index (χ3n) is 5.43. The summed E-state index contributed by atoms with van der Waals surface area (Å²) in [7, 11) is 1.80. The highest BCUT2D eigenvalue weighted by atomic mass is 32.2. The zero-order valence-electron chi connectivity index (χ0n) is 17.5. The number of aromatic nitrogens is 1. The summed E-state index contributed by atoms with van der Waals surface area (Å²) in [5.41, 5.74) is 3.81. The number of carbonyl (C=O) groups is 2. The molecule has 2 heterocycles. The van der Waals surface area contributed by atoms with Crippen LogP contribution in [0.5, 0.6) is 0 Å². The van der Waals surface area contributed by atoms with Gasteiger partial charge in [-0.25, -0.2) is 0 Å². The van der Waals surface area contributed by atoms with Gasteiger partial charge in [-0.3, -0.25) is 14.6 Å². The fourth-order valence-corrected chi connectivity index (χ4v) is 4.64. The van der Waals surface area contributed by atoms with E-state index in [2.05, 4.69) is 11.1 Å². The Balaban J connectivity index is 1.39. The van der Waals surface area contributed by atoms with Crippen LogP contribution in [0.4, 0.5) is 5.69 Å². The van der Waals surface area contributed by atoms with Crippen LogP contribution in [0.25, 0.3) is 0 Å². The molecule has 0 N–H and O–H groups in total. The van der Waals surface area contributed by atoms with E-state index in [0.29, 0.717) is 24.3 Å². The highest BCUT2D eigenvalue weighted by Gasteiger charge is 2.24. The molecule has 1 aliphatic rings. The number of thioether (sulfide) groups is 1. The van der Waals surface area contributed by atoms with Gasteiger partial charge in [0.05, 0.1) is 11.3 Å². The smallest absolute Gasteiger partial charge is 0.254 e. The average molecular weight is 432 g/mol. The zero-order chi connectivity index (χ0) is 21.6. The maximum Gasteiger partial charge on any atom is 0.254 e. The monoisotopic (exact) mass is 431 g/mol. The van der Waals surface area contributed by atoms with E-state index in [1.54, 1.807) is 18.1 Å². The van der Waals surface area contributed by atoms with Gasteiger partial charge in [-0.05, 0) is 42.3 Å². The summed E-state index contributed by atoms with van der Waals surface area (Å²) in [6.45, 7) is 1.30. The molecule has 5 nitrogen and oxygen atoms in total. The standard InChI is InChI=1S/C25H25N3O2S/c1-27(16-14-20-9-6-7-15-26-20)25(30)21-10-3-5-12-23(21)31-18-24(29)28-17-13-19-8-2-4-11-22(19)28/h2-12,15H,13-14,16-18H2,1H3. The number of benzene rings is 2. The number of para-hydroxylation sites is 1. The van der Waals surface area contributed by atoms with E-state index < -0.39 is 0 Å². The van der Waals surface area contributed by atoms with Gasteiger partial charge < -0.3 is 9.80 Å². The highest BCUT2D eigenvalue weighted by Crippen LogP contribution is 2.30. The summed E-state index contributed by atoms with van der Waals surface area (Å²) in [5.74, 6) is 0.328. The Morgan fingerprint density at radius 3 is 2.65 bits per heavy atom. The summed E-state index contributed by atoms with van der Waals surface area (Å²) in [5, 5.41) is 0. The highest BCUT2D eigenvalue weighted by molar-refractivity contribution is 8.00. The molecule has 0 fully saturated rings. The molecule has 0 saturated heterocycles. The Morgan fingerprint density at radius 1 is 1.03 bits per heavy atom. The van der Waals surface area contributed by atoms with Crippen molar-refractivity contribution in [3.8, 4) is 0 Å². The van der Waals surface area contributed by atoms with Crippen molar-refractivity contribution in [2.75, 3.05) is 30.8 Å². The molecule has 1 aromatic heterocycles. The lowest BCUT2D eigenvalue weighted by atomic mass is 10.2. The summed E-state index contributed by atoms with van der Waals surface area (Å²) in [6, 6.07) is 21.4. The summed E-state index contributed by atoms with van der Waals surface area (Å²) >= 11 is 1.43. The minimum Gasteiger partial charge on any atom is -0.341 e. The van der Waals surface area contributed by atoms with Crippen molar-refractivity contribution >= 4 is 29.3 Å². The first kappa shape index (κ1) is 21.1. The van der Waals surface area contributed by atoms with E-state index in [4.69, 9.17) is 0 Å². The maximum absolute atomic E-state index is 13.0. The lowest BCUT2D eigenvalue weighted by Gasteiger charge is -2.20. The van der Waals surface area contributed by atoms with Crippen LogP contribution in [0, 0.1) is 0 Å². The summed E-state index contributed by atoms with van der Waals surface area (Å²) in [6.07, 6.45) is 3.35. The van der Waals surface area contributed by atoms with Gasteiger partial charge in [0.1, 0.15) is 0 Å². The number of hydrogen-bond acceptors (Lipinski definition) is 4. The molecule has 3 aromatic rings. The van der Waals surface area contributed by atoms with Crippen LogP contribution in [-0.4, -0.2) is 47.6 Å². The lowest BCUT2D eigenvalue weighted by molar-refractivity contribution is -0.116. The number of pyridine rings is 1. The minimum atomic E-state index is -0.0435. The molecule has 0 saturated carbocycles. The Hall–Kier alpha value is -3.12. The van der Waals surface area contributed by atoms with Gasteiger partial charge in [-0.1, -0.05) is 36.4 Å². The van der Waals surface area contributed by atoms with Crippen LogP contribution < -0.4 is 4.90 Å². The fourth-order valence-electron chi connectivity index (χ4n) is 3.72. The Bertz CT molecular complexity index is 1070. The molecular weight excluding hydrogens is 406 g/mol. The van der Waals surface area contributed by atoms with Crippen molar-refractivity contribution < 1.29 is 9.59 Å². The van der Waals surface area contributed by atoms with Crippen molar-refractivity contribution in [1.29, 1.82) is 0 Å². The molecule has 0 bridgehead atoms. The second-order valence-corrected chi connectivity index (χ2v) is 8.52. The van der Waals surface area contributed by atoms with Crippen LogP contribution >= 0.6 is 11.8 Å². The van der Waals surface area contributed by atoms with Crippen molar-refractivity contribution in [1.82, 2.24) is 9.88 Å². The molecule has 2 aromatic carbocycles. The predicted molar refractivity (Wildman–Crippen MR) is 125 cm³/mol. The molecule has 0 unspecified atom stereocenters. The van der Waals surface area contributed by atoms with Gasteiger partial charge in [0.2, 0.25) is 5.91 Å². The molecule has 158 valence electrons. The third kappa shape index (κ3) is 4.97. The number of likely N-dealkylation sites (N-methyl/N-ethyl adjacent to an activating group) is 1. The molecule has 4 rings (SSSR count). The first-order valence-corrected chi connectivity index (χ1v) is 11.4. The molecule has 0 aliphatic carbocycles.